The van der Waals surface area contributed by atoms with Gasteiger partial charge in [0.25, 0.3) is 0 Å². The number of aliphatic hydroxyl groups excluding tert-OH is 1. The van der Waals surface area contributed by atoms with Gasteiger partial charge in [-0.15, -0.1) is 6.58 Å². The Labute approximate surface area is 109 Å². The summed E-state index contributed by atoms with van der Waals surface area (Å²) in [6, 6.07) is 5.73. The molecule has 0 saturated carbocycles. The zero-order valence-electron chi connectivity index (χ0n) is 10.7. The molecule has 1 rings (SSSR count). The lowest BCUT2D eigenvalue weighted by Crippen LogP contribution is -2.41. The second-order valence-electron chi connectivity index (χ2n) is 5.00. The maximum Gasteiger partial charge on any atom is 0.0696 e. The van der Waals surface area contributed by atoms with Gasteiger partial charge in [0.05, 0.1) is 6.61 Å². The molecule has 3 heteroatoms. The van der Waals surface area contributed by atoms with Crippen molar-refractivity contribution in [1.29, 1.82) is 0 Å². The summed E-state index contributed by atoms with van der Waals surface area (Å²) in [6.07, 6.45) is 1.87. The van der Waals surface area contributed by atoms with E-state index in [-0.39, 0.29) is 12.1 Å². The Morgan fingerprint density at radius 3 is 2.47 bits per heavy atom. The van der Waals surface area contributed by atoms with E-state index in [1.807, 2.05) is 24.3 Å². The third-order valence-corrected chi connectivity index (χ3v) is 2.99. The Morgan fingerprint density at radius 1 is 1.41 bits per heavy atom. The van der Waals surface area contributed by atoms with Crippen molar-refractivity contribution >= 4 is 17.3 Å². The molecular weight excluding hydrogens is 234 g/mol. The molecule has 0 heterocycles. The summed E-state index contributed by atoms with van der Waals surface area (Å²) in [7, 11) is 0. The molecule has 94 valence electrons. The normalized spacial score (nSPS) is 11.4. The van der Waals surface area contributed by atoms with Gasteiger partial charge < -0.3 is 10.0 Å². The average Bonchev–Trinajstić information content (AvgIpc) is 2.24. The Kier molecular flexibility index (Phi) is 4.61. The van der Waals surface area contributed by atoms with E-state index in [4.69, 9.17) is 16.7 Å². The summed E-state index contributed by atoms with van der Waals surface area (Å²) in [5, 5.41) is 9.70. The van der Waals surface area contributed by atoms with Gasteiger partial charge >= 0.3 is 0 Å². The third-order valence-electron chi connectivity index (χ3n) is 2.64. The molecule has 1 aromatic carbocycles. The van der Waals surface area contributed by atoms with Crippen LogP contribution in [-0.4, -0.2) is 17.2 Å². The minimum absolute atomic E-state index is 0.00174. The van der Waals surface area contributed by atoms with E-state index < -0.39 is 0 Å². The Bertz CT molecular complexity index is 396. The highest BCUT2D eigenvalue weighted by Crippen LogP contribution is 2.28. The van der Waals surface area contributed by atoms with Crippen LogP contribution in [0.25, 0.3) is 0 Å². The van der Waals surface area contributed by atoms with Crippen LogP contribution in [0.1, 0.15) is 26.3 Å². The largest absolute Gasteiger partial charge is 0.392 e. The standard InChI is InChI=1S/C14H20ClNO/c1-5-8-16(14(2,3)4)12-7-6-11(10-17)13(15)9-12/h5-7,9,17H,1,8,10H2,2-4H3. The summed E-state index contributed by atoms with van der Waals surface area (Å²) in [4.78, 5) is 2.22. The SMILES string of the molecule is C=CCN(c1ccc(CO)c(Cl)c1)C(C)(C)C. The Hall–Kier alpha value is -0.990. The predicted molar refractivity (Wildman–Crippen MR) is 74.7 cm³/mol. The van der Waals surface area contributed by atoms with Gasteiger partial charge in [-0.1, -0.05) is 23.7 Å². The minimum atomic E-state index is -0.0317. The van der Waals surface area contributed by atoms with Crippen molar-refractivity contribution in [2.75, 3.05) is 11.4 Å². The molecule has 0 atom stereocenters. The first-order valence-corrected chi connectivity index (χ1v) is 6.05. The summed E-state index contributed by atoms with van der Waals surface area (Å²) in [6.45, 7) is 10.9. The van der Waals surface area contributed by atoms with Crippen LogP contribution in [0.5, 0.6) is 0 Å². The van der Waals surface area contributed by atoms with Crippen LogP contribution in [0, 0.1) is 0 Å². The lowest BCUT2D eigenvalue weighted by molar-refractivity contribution is 0.282. The highest BCUT2D eigenvalue weighted by Gasteiger charge is 2.20. The predicted octanol–water partition coefficient (Wildman–Crippen LogP) is 3.62. The molecule has 0 aromatic heterocycles. The van der Waals surface area contributed by atoms with Crippen molar-refractivity contribution in [1.82, 2.24) is 0 Å². The first-order chi connectivity index (χ1) is 7.90. The fourth-order valence-electron chi connectivity index (χ4n) is 1.73. The topological polar surface area (TPSA) is 23.5 Å². The van der Waals surface area contributed by atoms with E-state index >= 15 is 0 Å². The van der Waals surface area contributed by atoms with Gasteiger partial charge in [-0.25, -0.2) is 0 Å². The molecule has 0 aliphatic heterocycles. The van der Waals surface area contributed by atoms with Gasteiger partial charge in [-0.2, -0.15) is 0 Å². The van der Waals surface area contributed by atoms with Crippen LogP contribution in [0.4, 0.5) is 5.69 Å². The van der Waals surface area contributed by atoms with E-state index in [0.29, 0.717) is 5.02 Å². The van der Waals surface area contributed by atoms with E-state index in [1.165, 1.54) is 0 Å². The number of rotatable bonds is 4. The fraction of sp³-hybridized carbons (Fsp3) is 0.429. The summed E-state index contributed by atoms with van der Waals surface area (Å²) in [5.41, 5.74) is 1.79. The molecule has 1 aromatic rings. The number of nitrogens with zero attached hydrogens (tertiary/aromatic N) is 1. The van der Waals surface area contributed by atoms with Crippen LogP contribution in [0.3, 0.4) is 0 Å². The molecule has 0 bridgehead atoms. The zero-order valence-corrected chi connectivity index (χ0v) is 11.5. The highest BCUT2D eigenvalue weighted by atomic mass is 35.5. The summed E-state index contributed by atoms with van der Waals surface area (Å²) < 4.78 is 0. The van der Waals surface area contributed by atoms with Crippen LogP contribution >= 0.6 is 11.6 Å². The maximum absolute atomic E-state index is 9.10. The highest BCUT2D eigenvalue weighted by molar-refractivity contribution is 6.31. The minimum Gasteiger partial charge on any atom is -0.392 e. The molecule has 2 nitrogen and oxygen atoms in total. The van der Waals surface area contributed by atoms with Gasteiger partial charge in [-0.3, -0.25) is 0 Å². The number of anilines is 1. The van der Waals surface area contributed by atoms with Crippen LogP contribution in [0.15, 0.2) is 30.9 Å². The molecule has 0 aliphatic carbocycles. The van der Waals surface area contributed by atoms with Gasteiger partial charge in [0.1, 0.15) is 0 Å². The fourth-order valence-corrected chi connectivity index (χ4v) is 1.96. The molecule has 1 N–H and O–H groups in total. The summed E-state index contributed by atoms with van der Waals surface area (Å²) >= 11 is 6.11. The second kappa shape index (κ2) is 5.56. The van der Waals surface area contributed by atoms with E-state index in [2.05, 4.69) is 32.3 Å². The molecule has 0 unspecified atom stereocenters. The first kappa shape index (κ1) is 14.1. The van der Waals surface area contributed by atoms with Crippen molar-refractivity contribution in [2.24, 2.45) is 0 Å². The maximum atomic E-state index is 9.10. The average molecular weight is 254 g/mol. The monoisotopic (exact) mass is 253 g/mol. The van der Waals surface area contributed by atoms with Crippen LogP contribution in [-0.2, 0) is 6.61 Å². The molecule has 0 amide bonds. The van der Waals surface area contributed by atoms with Gasteiger partial charge in [0, 0.05) is 22.8 Å². The Balaban J connectivity index is 3.11. The first-order valence-electron chi connectivity index (χ1n) is 5.68. The number of hydrogen-bond acceptors (Lipinski definition) is 2. The summed E-state index contributed by atoms with van der Waals surface area (Å²) in [5.74, 6) is 0. The molecule has 0 aliphatic rings. The zero-order chi connectivity index (χ0) is 13.1. The van der Waals surface area contributed by atoms with Gasteiger partial charge in [0.2, 0.25) is 0 Å². The van der Waals surface area contributed by atoms with E-state index in [9.17, 15) is 0 Å². The third kappa shape index (κ3) is 3.48. The number of aliphatic hydroxyl groups is 1. The lowest BCUT2D eigenvalue weighted by atomic mass is 10.0. The molecule has 0 fully saturated rings. The van der Waals surface area contributed by atoms with Crippen molar-refractivity contribution in [3.05, 3.63) is 41.4 Å². The van der Waals surface area contributed by atoms with Crippen molar-refractivity contribution in [3.63, 3.8) is 0 Å². The molecule has 0 spiro atoms. The second-order valence-corrected chi connectivity index (χ2v) is 5.41. The molecule has 0 saturated heterocycles. The Morgan fingerprint density at radius 2 is 2.06 bits per heavy atom. The number of hydrogen-bond donors (Lipinski definition) is 1. The van der Waals surface area contributed by atoms with E-state index in [1.54, 1.807) is 0 Å². The smallest absolute Gasteiger partial charge is 0.0696 e. The number of halogens is 1. The van der Waals surface area contributed by atoms with Crippen molar-refractivity contribution in [3.8, 4) is 0 Å². The van der Waals surface area contributed by atoms with Crippen molar-refractivity contribution in [2.45, 2.75) is 32.9 Å². The van der Waals surface area contributed by atoms with Gasteiger partial charge in [-0.05, 0) is 38.5 Å². The lowest BCUT2D eigenvalue weighted by Gasteiger charge is -2.37. The quantitative estimate of drug-likeness (QED) is 0.829. The molecule has 0 radical (unpaired) electrons. The number of benzene rings is 1. The molecular formula is C14H20ClNO. The van der Waals surface area contributed by atoms with Crippen molar-refractivity contribution < 1.29 is 5.11 Å². The van der Waals surface area contributed by atoms with Gasteiger partial charge in [0.15, 0.2) is 0 Å². The molecule has 17 heavy (non-hydrogen) atoms. The van der Waals surface area contributed by atoms with Crippen LogP contribution in [0.2, 0.25) is 5.02 Å². The van der Waals surface area contributed by atoms with E-state index in [0.717, 1.165) is 17.8 Å². The van der Waals surface area contributed by atoms with Crippen LogP contribution < -0.4 is 4.90 Å².